The number of fused-ring (bicyclic) bond motifs is 1. The molecule has 1 fully saturated rings. The molecule has 22 heavy (non-hydrogen) atoms. The Balaban J connectivity index is 1.78. The lowest BCUT2D eigenvalue weighted by atomic mass is 10.2. The van der Waals surface area contributed by atoms with E-state index in [2.05, 4.69) is 10.6 Å². The third kappa shape index (κ3) is 2.48. The van der Waals surface area contributed by atoms with Gasteiger partial charge in [-0.15, -0.1) is 0 Å². The van der Waals surface area contributed by atoms with Gasteiger partial charge in [0.05, 0.1) is 24.5 Å². The quantitative estimate of drug-likeness (QED) is 0.861. The summed E-state index contributed by atoms with van der Waals surface area (Å²) in [7, 11) is 0. The fourth-order valence-corrected chi connectivity index (χ4v) is 2.24. The number of benzene rings is 1. The molecule has 0 bridgehead atoms. The summed E-state index contributed by atoms with van der Waals surface area (Å²) in [5.74, 6) is -0.491. The van der Waals surface area contributed by atoms with Crippen molar-refractivity contribution in [3.63, 3.8) is 0 Å². The van der Waals surface area contributed by atoms with Gasteiger partial charge in [-0.3, -0.25) is 14.5 Å². The summed E-state index contributed by atoms with van der Waals surface area (Å²) in [6.45, 7) is 4.01. The number of nitrogens with one attached hydrogen (secondary N) is 1. The van der Waals surface area contributed by atoms with Crippen molar-refractivity contribution in [3.05, 3.63) is 23.9 Å². The summed E-state index contributed by atoms with van der Waals surface area (Å²) < 4.78 is 10.2. The Morgan fingerprint density at radius 1 is 1.55 bits per heavy atom. The molecule has 8 heteroatoms. The van der Waals surface area contributed by atoms with Crippen molar-refractivity contribution in [3.8, 4) is 0 Å². The minimum Gasteiger partial charge on any atom is -0.434 e. The van der Waals surface area contributed by atoms with Crippen molar-refractivity contribution in [2.45, 2.75) is 20.0 Å². The predicted molar refractivity (Wildman–Crippen MR) is 76.1 cm³/mol. The van der Waals surface area contributed by atoms with Gasteiger partial charge in [-0.25, -0.2) is 10.3 Å². The maximum Gasteiger partial charge on any atom is 0.415 e. The highest BCUT2D eigenvalue weighted by molar-refractivity contribution is 5.97. The smallest absolute Gasteiger partial charge is 0.415 e. The molecule has 1 aromatic heterocycles. The highest BCUT2D eigenvalue weighted by Crippen LogP contribution is 2.27. The summed E-state index contributed by atoms with van der Waals surface area (Å²) in [6, 6.07) is 5.27. The number of anilines is 1. The summed E-state index contributed by atoms with van der Waals surface area (Å²) in [5.41, 5.74) is 4.16. The van der Waals surface area contributed by atoms with E-state index in [4.69, 9.17) is 14.1 Å². The van der Waals surface area contributed by atoms with Crippen LogP contribution in [0.2, 0.25) is 0 Å². The molecule has 0 unspecified atom stereocenters. The Bertz CT molecular complexity index is 726. The maximum atomic E-state index is 11.9. The molecule has 2 heterocycles. The summed E-state index contributed by atoms with van der Waals surface area (Å²) in [5, 5.41) is 4.75. The zero-order valence-corrected chi connectivity index (χ0v) is 12.2. The molecule has 0 saturated carbocycles. The van der Waals surface area contributed by atoms with Crippen LogP contribution in [0.3, 0.4) is 0 Å². The molecule has 1 saturated heterocycles. The number of aryl methyl sites for hydroxylation is 1. The number of cyclic esters (lactones) is 1. The van der Waals surface area contributed by atoms with Crippen LogP contribution >= 0.6 is 0 Å². The van der Waals surface area contributed by atoms with Crippen LogP contribution in [0.1, 0.15) is 12.6 Å². The van der Waals surface area contributed by atoms with Gasteiger partial charge in [0, 0.05) is 11.5 Å². The minimum atomic E-state index is -0.911. The fourth-order valence-electron chi connectivity index (χ4n) is 2.24. The van der Waals surface area contributed by atoms with Gasteiger partial charge in [0.25, 0.3) is 5.91 Å². The molecule has 1 aromatic carbocycles. The van der Waals surface area contributed by atoms with Crippen molar-refractivity contribution < 1.29 is 23.7 Å². The number of rotatable bonds is 4. The van der Waals surface area contributed by atoms with Crippen LogP contribution in [0.25, 0.3) is 11.0 Å². The molecule has 116 valence electrons. The second kappa shape index (κ2) is 5.64. The van der Waals surface area contributed by atoms with Crippen LogP contribution in [-0.4, -0.2) is 36.4 Å². The number of aromatic nitrogens is 1. The first-order chi connectivity index (χ1) is 10.6. The van der Waals surface area contributed by atoms with E-state index in [0.29, 0.717) is 17.9 Å². The molecule has 1 atom stereocenters. The van der Waals surface area contributed by atoms with E-state index in [1.807, 2.05) is 13.0 Å². The minimum absolute atomic E-state index is 0.108. The number of hydroxylamine groups is 1. The third-order valence-electron chi connectivity index (χ3n) is 3.37. The first-order valence-corrected chi connectivity index (χ1v) is 6.86. The Hall–Kier alpha value is -2.61. The first-order valence-electron chi connectivity index (χ1n) is 6.86. The van der Waals surface area contributed by atoms with Gasteiger partial charge >= 0.3 is 6.09 Å². The molecule has 1 aliphatic rings. The molecule has 0 aliphatic carbocycles. The van der Waals surface area contributed by atoms with Gasteiger partial charge < -0.3 is 9.26 Å². The summed E-state index contributed by atoms with van der Waals surface area (Å²) >= 11 is 0. The lowest BCUT2D eigenvalue weighted by molar-refractivity contribution is -0.140. The van der Waals surface area contributed by atoms with Crippen LogP contribution in [0.15, 0.2) is 22.7 Å². The molecule has 1 aliphatic heterocycles. The SMILES string of the molecule is CCONC(=O)[C@H]1CN(c2ccc3c(C)noc3c2)C(=O)O1. The number of carbonyl (C=O) groups is 2. The van der Waals surface area contributed by atoms with Crippen molar-refractivity contribution in [1.29, 1.82) is 0 Å². The lowest BCUT2D eigenvalue weighted by Crippen LogP contribution is -2.37. The van der Waals surface area contributed by atoms with E-state index >= 15 is 0 Å². The molecule has 1 N–H and O–H groups in total. The highest BCUT2D eigenvalue weighted by Gasteiger charge is 2.37. The zero-order valence-electron chi connectivity index (χ0n) is 12.2. The zero-order chi connectivity index (χ0) is 15.7. The van der Waals surface area contributed by atoms with Crippen molar-refractivity contribution in [1.82, 2.24) is 10.6 Å². The Labute approximate surface area is 125 Å². The van der Waals surface area contributed by atoms with Gasteiger partial charge in [0.1, 0.15) is 0 Å². The summed E-state index contributed by atoms with van der Waals surface area (Å²) in [4.78, 5) is 29.9. The monoisotopic (exact) mass is 305 g/mol. The van der Waals surface area contributed by atoms with Crippen molar-refractivity contribution in [2.75, 3.05) is 18.1 Å². The fraction of sp³-hybridized carbons (Fsp3) is 0.357. The number of hydrogen-bond donors (Lipinski definition) is 1. The van der Waals surface area contributed by atoms with Gasteiger partial charge in [-0.1, -0.05) is 5.16 Å². The van der Waals surface area contributed by atoms with Crippen molar-refractivity contribution >= 4 is 28.7 Å². The number of hydrogen-bond acceptors (Lipinski definition) is 6. The Morgan fingerprint density at radius 2 is 2.36 bits per heavy atom. The van der Waals surface area contributed by atoms with E-state index in [1.54, 1.807) is 19.1 Å². The standard InChI is InChI=1S/C14H15N3O5/c1-3-20-16-13(18)12-7-17(14(19)21-12)9-4-5-10-8(2)15-22-11(10)6-9/h4-6,12H,3,7H2,1-2H3,(H,16,18)/t12-/m1/s1. The van der Waals surface area contributed by atoms with Gasteiger partial charge in [0.2, 0.25) is 6.10 Å². The normalized spacial score (nSPS) is 17.8. The summed E-state index contributed by atoms with van der Waals surface area (Å²) in [6.07, 6.45) is -1.50. The lowest BCUT2D eigenvalue weighted by Gasteiger charge is -2.12. The van der Waals surface area contributed by atoms with Gasteiger partial charge in [0.15, 0.2) is 5.58 Å². The molecular formula is C14H15N3O5. The molecule has 0 radical (unpaired) electrons. The van der Waals surface area contributed by atoms with Crippen LogP contribution in [0.4, 0.5) is 10.5 Å². The molecular weight excluding hydrogens is 290 g/mol. The van der Waals surface area contributed by atoms with Crippen LogP contribution in [0.5, 0.6) is 0 Å². The molecule has 2 amide bonds. The average Bonchev–Trinajstić information content (AvgIpc) is 3.08. The molecule has 2 aromatic rings. The van der Waals surface area contributed by atoms with E-state index in [1.165, 1.54) is 4.90 Å². The highest BCUT2D eigenvalue weighted by atomic mass is 16.7. The van der Waals surface area contributed by atoms with Gasteiger partial charge in [-0.05, 0) is 26.0 Å². The maximum absolute atomic E-state index is 11.9. The second-order valence-corrected chi connectivity index (χ2v) is 4.83. The van der Waals surface area contributed by atoms with Crippen molar-refractivity contribution in [2.24, 2.45) is 0 Å². The molecule has 0 spiro atoms. The number of carbonyl (C=O) groups excluding carboxylic acids is 2. The molecule has 3 rings (SSSR count). The molecule has 8 nitrogen and oxygen atoms in total. The Morgan fingerprint density at radius 3 is 3.14 bits per heavy atom. The largest absolute Gasteiger partial charge is 0.434 e. The number of nitrogens with zero attached hydrogens (tertiary/aromatic N) is 2. The Kier molecular flexibility index (Phi) is 3.68. The van der Waals surface area contributed by atoms with Crippen LogP contribution < -0.4 is 10.4 Å². The topological polar surface area (TPSA) is 93.9 Å². The van der Waals surface area contributed by atoms with E-state index in [0.717, 1.165) is 11.1 Å². The number of amides is 2. The number of ether oxygens (including phenoxy) is 1. The van der Waals surface area contributed by atoms with E-state index in [-0.39, 0.29) is 6.54 Å². The third-order valence-corrected chi connectivity index (χ3v) is 3.37. The first kappa shape index (κ1) is 14.3. The van der Waals surface area contributed by atoms with E-state index in [9.17, 15) is 9.59 Å². The van der Waals surface area contributed by atoms with Crippen LogP contribution in [-0.2, 0) is 14.4 Å². The second-order valence-electron chi connectivity index (χ2n) is 4.83. The average molecular weight is 305 g/mol. The predicted octanol–water partition coefficient (Wildman–Crippen LogP) is 1.53. The van der Waals surface area contributed by atoms with E-state index < -0.39 is 18.1 Å². The van der Waals surface area contributed by atoms with Crippen LogP contribution in [0, 0.1) is 6.92 Å². The van der Waals surface area contributed by atoms with Gasteiger partial charge in [-0.2, -0.15) is 0 Å².